The van der Waals surface area contributed by atoms with Gasteiger partial charge in [0.2, 0.25) is 0 Å². The summed E-state index contributed by atoms with van der Waals surface area (Å²) in [5.74, 6) is -3.11. The Kier molecular flexibility index (Phi) is 8.56. The summed E-state index contributed by atoms with van der Waals surface area (Å²) in [7, 11) is 1.14. The number of carbonyl (C=O) groups is 3. The van der Waals surface area contributed by atoms with Crippen molar-refractivity contribution in [3.63, 3.8) is 0 Å². The molecule has 4 amide bonds. The summed E-state index contributed by atoms with van der Waals surface area (Å²) >= 11 is 0. The zero-order valence-corrected chi connectivity index (χ0v) is 21.7. The van der Waals surface area contributed by atoms with Crippen LogP contribution in [0.5, 0.6) is 0 Å². The second-order valence-electron chi connectivity index (χ2n) is 9.58. The van der Waals surface area contributed by atoms with E-state index in [-0.39, 0.29) is 23.4 Å². The molecule has 39 heavy (non-hydrogen) atoms. The first-order valence-electron chi connectivity index (χ1n) is 12.6. The molecule has 0 bridgehead atoms. The SMILES string of the molecule is COC(=O)C1=C(C)NC(=O)N(C(=O)NCCCN2CCC(O)(c3ccccn3)CC2)C1c1ccc(F)c(F)c1. The Morgan fingerprint density at radius 1 is 1.21 bits per heavy atom. The number of esters is 1. The number of nitrogens with zero attached hydrogens (tertiary/aromatic N) is 3. The van der Waals surface area contributed by atoms with Gasteiger partial charge in [0.05, 0.1) is 18.4 Å². The fraction of sp³-hybridized carbons (Fsp3) is 0.407. The molecule has 0 radical (unpaired) electrons. The van der Waals surface area contributed by atoms with E-state index in [4.69, 9.17) is 4.74 Å². The number of amides is 4. The maximum Gasteiger partial charge on any atom is 0.337 e. The van der Waals surface area contributed by atoms with Crippen molar-refractivity contribution in [3.05, 3.63) is 76.8 Å². The molecule has 2 aromatic rings. The summed E-state index contributed by atoms with van der Waals surface area (Å²) in [4.78, 5) is 45.8. The van der Waals surface area contributed by atoms with Gasteiger partial charge in [0.25, 0.3) is 0 Å². The number of hydrogen-bond donors (Lipinski definition) is 3. The standard InChI is InChI=1S/C27H31F2N5O5/c1-17-22(24(35)39-2)23(18-7-8-19(28)20(29)16-18)34(26(37)32-17)25(36)31-12-5-13-33-14-9-27(38,10-15-33)21-6-3-4-11-30-21/h3-4,6-8,11,16,23,38H,5,9-10,12-15H2,1-2H3,(H,31,36)(H,32,37). The number of methoxy groups -OCH3 is 1. The lowest BCUT2D eigenvalue weighted by atomic mass is 9.87. The van der Waals surface area contributed by atoms with Gasteiger partial charge in [0, 0.05) is 31.5 Å². The molecule has 0 spiro atoms. The Morgan fingerprint density at radius 3 is 2.59 bits per heavy atom. The molecule has 2 aliphatic heterocycles. The summed E-state index contributed by atoms with van der Waals surface area (Å²) in [6.45, 7) is 3.62. The summed E-state index contributed by atoms with van der Waals surface area (Å²) in [5.41, 5.74) is -0.213. The molecule has 1 aromatic heterocycles. The largest absolute Gasteiger partial charge is 0.466 e. The van der Waals surface area contributed by atoms with E-state index in [0.717, 1.165) is 24.1 Å². The average molecular weight is 544 g/mol. The Morgan fingerprint density at radius 2 is 1.95 bits per heavy atom. The van der Waals surface area contributed by atoms with Crippen molar-refractivity contribution < 1.29 is 33.0 Å². The van der Waals surface area contributed by atoms with Crippen LogP contribution in [0.2, 0.25) is 0 Å². The number of benzene rings is 1. The summed E-state index contributed by atoms with van der Waals surface area (Å²) in [6.07, 6.45) is 3.27. The molecule has 3 heterocycles. The summed E-state index contributed by atoms with van der Waals surface area (Å²) < 4.78 is 32.5. The van der Waals surface area contributed by atoms with Crippen LogP contribution in [0.4, 0.5) is 18.4 Å². The highest BCUT2D eigenvalue weighted by atomic mass is 19.2. The lowest BCUT2D eigenvalue weighted by Gasteiger charge is -2.38. The van der Waals surface area contributed by atoms with Crippen LogP contribution in [0.3, 0.4) is 0 Å². The van der Waals surface area contributed by atoms with E-state index in [1.165, 1.54) is 13.0 Å². The number of imide groups is 1. The van der Waals surface area contributed by atoms with Crippen LogP contribution in [-0.4, -0.2) is 71.2 Å². The van der Waals surface area contributed by atoms with Crippen molar-refractivity contribution in [2.45, 2.75) is 37.8 Å². The second kappa shape index (κ2) is 11.9. The third-order valence-corrected chi connectivity index (χ3v) is 7.08. The van der Waals surface area contributed by atoms with Crippen LogP contribution in [-0.2, 0) is 15.1 Å². The van der Waals surface area contributed by atoms with Crippen LogP contribution >= 0.6 is 0 Å². The topological polar surface area (TPSA) is 124 Å². The molecule has 4 rings (SSSR count). The Hall–Kier alpha value is -3.90. The number of urea groups is 2. The van der Waals surface area contributed by atoms with Crippen LogP contribution < -0.4 is 10.6 Å². The zero-order chi connectivity index (χ0) is 28.2. The number of piperidine rings is 1. The number of ether oxygens (including phenoxy) is 1. The van der Waals surface area contributed by atoms with Crippen molar-refractivity contribution in [2.75, 3.05) is 33.3 Å². The van der Waals surface area contributed by atoms with Crippen molar-refractivity contribution in [2.24, 2.45) is 0 Å². The third-order valence-electron chi connectivity index (χ3n) is 7.08. The highest BCUT2D eigenvalue weighted by molar-refractivity contribution is 6.01. The van der Waals surface area contributed by atoms with Gasteiger partial charge in [-0.25, -0.2) is 28.1 Å². The molecule has 1 aromatic carbocycles. The van der Waals surface area contributed by atoms with Gasteiger partial charge >= 0.3 is 18.0 Å². The molecular weight excluding hydrogens is 512 g/mol. The molecule has 2 aliphatic rings. The van der Waals surface area contributed by atoms with Gasteiger partial charge in [-0.1, -0.05) is 12.1 Å². The van der Waals surface area contributed by atoms with Gasteiger partial charge in [-0.3, -0.25) is 4.98 Å². The lowest BCUT2D eigenvalue weighted by Crippen LogP contribution is -2.54. The second-order valence-corrected chi connectivity index (χ2v) is 9.58. The van der Waals surface area contributed by atoms with E-state index < -0.39 is 41.3 Å². The van der Waals surface area contributed by atoms with Crippen LogP contribution in [0.1, 0.15) is 43.5 Å². The van der Waals surface area contributed by atoms with Gasteiger partial charge < -0.3 is 25.4 Å². The first kappa shape index (κ1) is 28.1. The van der Waals surface area contributed by atoms with E-state index in [0.29, 0.717) is 44.6 Å². The van der Waals surface area contributed by atoms with E-state index in [9.17, 15) is 28.3 Å². The molecule has 0 saturated carbocycles. The number of pyridine rings is 1. The molecule has 1 unspecified atom stereocenters. The highest BCUT2D eigenvalue weighted by Gasteiger charge is 2.42. The molecule has 1 fully saturated rings. The van der Waals surface area contributed by atoms with Crippen LogP contribution in [0.15, 0.2) is 53.9 Å². The molecule has 1 atom stereocenters. The number of hydrogen-bond acceptors (Lipinski definition) is 7. The number of likely N-dealkylation sites (tertiary alicyclic amines) is 1. The maximum atomic E-state index is 14.1. The van der Waals surface area contributed by atoms with Gasteiger partial charge in [0.15, 0.2) is 11.6 Å². The predicted molar refractivity (Wildman–Crippen MR) is 136 cm³/mol. The fourth-order valence-corrected chi connectivity index (χ4v) is 4.95. The monoisotopic (exact) mass is 543 g/mol. The van der Waals surface area contributed by atoms with E-state index in [1.54, 1.807) is 12.3 Å². The van der Waals surface area contributed by atoms with Crippen molar-refractivity contribution >= 4 is 18.0 Å². The smallest absolute Gasteiger partial charge is 0.337 e. The van der Waals surface area contributed by atoms with Crippen LogP contribution in [0.25, 0.3) is 0 Å². The molecule has 1 saturated heterocycles. The molecule has 0 aliphatic carbocycles. The van der Waals surface area contributed by atoms with Gasteiger partial charge in [-0.2, -0.15) is 0 Å². The Bertz CT molecular complexity index is 1260. The number of rotatable bonds is 7. The minimum atomic E-state index is -1.33. The molecule has 10 nitrogen and oxygen atoms in total. The van der Waals surface area contributed by atoms with Crippen molar-refractivity contribution in [3.8, 4) is 0 Å². The first-order valence-corrected chi connectivity index (χ1v) is 12.6. The van der Waals surface area contributed by atoms with Gasteiger partial charge in [0.1, 0.15) is 11.6 Å². The number of allylic oxidation sites excluding steroid dienone is 1. The molecular formula is C27H31F2N5O5. The highest BCUT2D eigenvalue weighted by Crippen LogP contribution is 2.35. The minimum Gasteiger partial charge on any atom is -0.466 e. The first-order chi connectivity index (χ1) is 18.6. The minimum absolute atomic E-state index is 0.0346. The number of halogens is 2. The number of nitrogens with one attached hydrogen (secondary N) is 2. The summed E-state index contributed by atoms with van der Waals surface area (Å²) in [5, 5.41) is 16.1. The maximum absolute atomic E-state index is 14.1. The molecule has 208 valence electrons. The van der Waals surface area contributed by atoms with E-state index >= 15 is 0 Å². The summed E-state index contributed by atoms with van der Waals surface area (Å²) in [6, 6.07) is 5.43. The Balaban J connectivity index is 1.39. The van der Waals surface area contributed by atoms with Crippen molar-refractivity contribution in [1.82, 2.24) is 25.4 Å². The lowest BCUT2D eigenvalue weighted by molar-refractivity contribution is -0.136. The number of aromatic nitrogens is 1. The molecule has 3 N–H and O–H groups in total. The fourth-order valence-electron chi connectivity index (χ4n) is 4.95. The Labute approximate surface area is 224 Å². The van der Waals surface area contributed by atoms with Crippen LogP contribution in [0, 0.1) is 11.6 Å². The van der Waals surface area contributed by atoms with E-state index in [1.807, 2.05) is 12.1 Å². The van der Waals surface area contributed by atoms with E-state index in [2.05, 4.69) is 20.5 Å². The van der Waals surface area contributed by atoms with Crippen molar-refractivity contribution in [1.29, 1.82) is 0 Å². The zero-order valence-electron chi connectivity index (χ0n) is 21.7. The number of aliphatic hydroxyl groups is 1. The van der Waals surface area contributed by atoms with Gasteiger partial charge in [-0.05, 0) is 62.6 Å². The number of carbonyl (C=O) groups excluding carboxylic acids is 3. The quantitative estimate of drug-likeness (QED) is 0.362. The average Bonchev–Trinajstić information content (AvgIpc) is 2.93. The molecule has 12 heteroatoms. The predicted octanol–water partition coefficient (Wildman–Crippen LogP) is 2.96. The normalized spacial score (nSPS) is 19.5. The van der Waals surface area contributed by atoms with Gasteiger partial charge in [-0.15, -0.1) is 0 Å². The third kappa shape index (κ3) is 6.07.